The van der Waals surface area contributed by atoms with Crippen molar-refractivity contribution < 1.29 is 51.5 Å². The number of nitrogens with two attached hydrogens (primary N) is 1. The van der Waals surface area contributed by atoms with Gasteiger partial charge in [-0.25, -0.2) is 29.3 Å². The number of amides is 1. The highest BCUT2D eigenvalue weighted by molar-refractivity contribution is 7.46. The second-order valence-corrected chi connectivity index (χ2v) is 10.4. The normalized spacial score (nSPS) is 20.0. The van der Waals surface area contributed by atoms with Crippen LogP contribution < -0.4 is 20.5 Å². The number of fused-ring (bicyclic) bond motifs is 3. The van der Waals surface area contributed by atoms with Gasteiger partial charge in [-0.05, 0) is 12.1 Å². The molecule has 6 heterocycles. The van der Waals surface area contributed by atoms with Gasteiger partial charge in [-0.2, -0.15) is 0 Å². The van der Waals surface area contributed by atoms with Crippen molar-refractivity contribution in [3.63, 3.8) is 0 Å². The van der Waals surface area contributed by atoms with Crippen molar-refractivity contribution in [2.75, 3.05) is 24.5 Å². The molecule has 0 bridgehead atoms. The summed E-state index contributed by atoms with van der Waals surface area (Å²) < 4.78 is 51.3. The van der Waals surface area contributed by atoms with E-state index in [1.807, 2.05) is 0 Å². The van der Waals surface area contributed by atoms with E-state index < -0.39 is 39.0 Å². The van der Waals surface area contributed by atoms with E-state index in [1.165, 1.54) is 23.4 Å². The second-order valence-electron chi connectivity index (χ2n) is 9.19. The molecule has 1 amide bonds. The number of carbonyl (C=O) groups is 1. The van der Waals surface area contributed by atoms with Crippen LogP contribution in [0.5, 0.6) is 11.5 Å². The first-order chi connectivity index (χ1) is 20.2. The third kappa shape index (κ3) is 4.97. The monoisotopic (exact) mass is 601 g/mol. The molecule has 3 atom stereocenters. The molecule has 0 unspecified atom stereocenters. The van der Waals surface area contributed by atoms with Crippen LogP contribution in [-0.2, 0) is 18.6 Å². The van der Waals surface area contributed by atoms with Crippen LogP contribution in [0.1, 0.15) is 12.6 Å². The lowest BCUT2D eigenvalue weighted by molar-refractivity contribution is -0.0443. The van der Waals surface area contributed by atoms with Crippen LogP contribution in [0.4, 0.5) is 16.5 Å². The highest BCUT2D eigenvalue weighted by atomic mass is 31.2. The second kappa shape index (κ2) is 9.97. The molecule has 0 aliphatic carbocycles. The van der Waals surface area contributed by atoms with Crippen LogP contribution >= 0.6 is 7.82 Å². The van der Waals surface area contributed by atoms with Crippen molar-refractivity contribution in [2.45, 2.75) is 24.9 Å². The number of carbonyl (C=O) groups excluding carboxylic acids is 1. The Hall–Kier alpha value is -4.74. The zero-order valence-corrected chi connectivity index (χ0v) is 22.0. The summed E-state index contributed by atoms with van der Waals surface area (Å²) in [5, 5.41) is 3.13. The topological polar surface area (TPSA) is 242 Å². The third-order valence-corrected chi connectivity index (χ3v) is 7.03. The number of furan rings is 1. The molecule has 218 valence electrons. The van der Waals surface area contributed by atoms with Gasteiger partial charge >= 0.3 is 13.9 Å². The zero-order valence-electron chi connectivity index (χ0n) is 21.1. The van der Waals surface area contributed by atoms with Gasteiger partial charge in [-0.15, -0.1) is 0 Å². The predicted molar refractivity (Wildman–Crippen MR) is 138 cm³/mol. The van der Waals surface area contributed by atoms with E-state index in [4.69, 9.17) is 38.0 Å². The number of hydrogen-bond donors (Lipinski definition) is 4. The molecule has 1 saturated heterocycles. The number of nitrogens with zero attached hydrogens (tertiary/aromatic N) is 5. The summed E-state index contributed by atoms with van der Waals surface area (Å²) in [6, 6.07) is 5.16. The summed E-state index contributed by atoms with van der Waals surface area (Å²) in [7, 11) is -4.91. The van der Waals surface area contributed by atoms with E-state index in [1.54, 1.807) is 18.2 Å². The lowest BCUT2D eigenvalue weighted by Gasteiger charge is -2.18. The Morgan fingerprint density at radius 3 is 2.81 bits per heavy atom. The molecule has 2 aliphatic heterocycles. The van der Waals surface area contributed by atoms with Crippen LogP contribution in [0.25, 0.3) is 33.8 Å². The number of oxazole rings is 1. The van der Waals surface area contributed by atoms with E-state index in [0.717, 1.165) is 5.39 Å². The molecule has 1 aromatic carbocycles. The van der Waals surface area contributed by atoms with Gasteiger partial charge in [0.05, 0.1) is 12.5 Å². The average Bonchev–Trinajstić information content (AvgIpc) is 3.75. The number of anilines is 2. The summed E-state index contributed by atoms with van der Waals surface area (Å²) >= 11 is 0. The molecule has 7 rings (SSSR count). The Bertz CT molecular complexity index is 1820. The summed E-state index contributed by atoms with van der Waals surface area (Å²) in [6.45, 7) is -0.284. The maximum atomic E-state index is 12.5. The summed E-state index contributed by atoms with van der Waals surface area (Å²) in [5.41, 5.74) is 7.04. The van der Waals surface area contributed by atoms with Crippen LogP contribution in [0.2, 0.25) is 0 Å². The van der Waals surface area contributed by atoms with Crippen LogP contribution in [0.3, 0.4) is 0 Å². The van der Waals surface area contributed by atoms with Gasteiger partial charge < -0.3 is 43.3 Å². The first kappa shape index (κ1) is 26.2. The molecule has 1 fully saturated rings. The van der Waals surface area contributed by atoms with Crippen molar-refractivity contribution in [2.24, 2.45) is 0 Å². The van der Waals surface area contributed by atoms with Crippen molar-refractivity contribution in [1.29, 1.82) is 0 Å². The van der Waals surface area contributed by atoms with Crippen molar-refractivity contribution in [3.8, 4) is 23.1 Å². The average molecular weight is 601 g/mol. The Balaban J connectivity index is 1.01. The van der Waals surface area contributed by atoms with Gasteiger partial charge in [0.2, 0.25) is 12.7 Å². The molecule has 5 N–H and O–H groups in total. The maximum Gasteiger partial charge on any atom is 0.469 e. The predicted octanol–water partition coefficient (Wildman–Crippen LogP) is 2.55. The summed E-state index contributed by atoms with van der Waals surface area (Å²) in [4.78, 5) is 47.6. The van der Waals surface area contributed by atoms with Gasteiger partial charge in [0.15, 0.2) is 28.7 Å². The van der Waals surface area contributed by atoms with Gasteiger partial charge in [0.25, 0.3) is 5.89 Å². The lowest BCUT2D eigenvalue weighted by atomic mass is 10.2. The van der Waals surface area contributed by atoms with E-state index in [2.05, 4.69) is 25.3 Å². The molecule has 0 spiro atoms. The molecule has 2 aliphatic rings. The van der Waals surface area contributed by atoms with Gasteiger partial charge in [-0.1, -0.05) is 0 Å². The number of nitrogen functional groups attached to an aromatic ring is 1. The van der Waals surface area contributed by atoms with Gasteiger partial charge in [0, 0.05) is 17.9 Å². The number of phosphoric acid groups is 1. The first-order valence-electron chi connectivity index (χ1n) is 12.3. The number of benzene rings is 1. The number of phosphoric ester groups is 1. The molecular formula is C23H20N7O11P. The molecule has 0 saturated carbocycles. The van der Waals surface area contributed by atoms with Crippen molar-refractivity contribution in [1.82, 2.24) is 24.5 Å². The van der Waals surface area contributed by atoms with Crippen molar-refractivity contribution in [3.05, 3.63) is 37.1 Å². The SMILES string of the molecule is Nc1ncnc2c1ncn2[C@H]1C[C@H](OP(=O)(O)O)[C@@H](COC(=O)Nc2cnc(-c3cc4cc5c(cc4o3)OCO5)o2)O1. The molecule has 5 aromatic rings. The molecule has 0 radical (unpaired) electrons. The lowest BCUT2D eigenvalue weighted by Crippen LogP contribution is -2.30. The Labute approximate surface area is 233 Å². The third-order valence-electron chi connectivity index (χ3n) is 6.48. The zero-order chi connectivity index (χ0) is 29.0. The Morgan fingerprint density at radius 2 is 1.98 bits per heavy atom. The number of rotatable bonds is 7. The number of ether oxygens (including phenoxy) is 4. The number of aromatic nitrogens is 5. The van der Waals surface area contributed by atoms with Crippen LogP contribution in [0, 0.1) is 0 Å². The minimum absolute atomic E-state index is 0.0136. The van der Waals surface area contributed by atoms with Gasteiger partial charge in [-0.3, -0.25) is 14.4 Å². The van der Waals surface area contributed by atoms with Crippen LogP contribution in [0.15, 0.2) is 45.9 Å². The summed E-state index contributed by atoms with van der Waals surface area (Å²) in [5.74, 6) is 1.66. The minimum Gasteiger partial charge on any atom is -0.454 e. The fourth-order valence-electron chi connectivity index (χ4n) is 4.66. The molecular weight excluding hydrogens is 581 g/mol. The fraction of sp³-hybridized carbons (Fsp3) is 0.261. The van der Waals surface area contributed by atoms with E-state index in [0.29, 0.717) is 34.0 Å². The Kier molecular flexibility index (Phi) is 6.21. The first-order valence-corrected chi connectivity index (χ1v) is 13.8. The molecule has 42 heavy (non-hydrogen) atoms. The maximum absolute atomic E-state index is 12.5. The smallest absolute Gasteiger partial charge is 0.454 e. The minimum atomic E-state index is -4.91. The standard InChI is InChI=1S/C23H20N7O11P/c24-20-19-21(27-7-26-20)30(8-28-19)18-4-14(41-42(32,33)34)16(39-18)6-35-23(31)29-17-5-25-22(40-17)15-2-10-1-12-13(37-9-36-12)3-11(10)38-15/h1-3,5,7-8,14,16,18H,4,6,9H2,(H,29,31)(H2,24,26,27)(H2,32,33,34)/t14-,16+,18+/m0/s1. The quantitative estimate of drug-likeness (QED) is 0.196. The number of hydrogen-bond acceptors (Lipinski definition) is 14. The number of imidazole rings is 1. The van der Waals surface area contributed by atoms with E-state index >= 15 is 0 Å². The van der Waals surface area contributed by atoms with Crippen LogP contribution in [-0.4, -0.2) is 66.0 Å². The van der Waals surface area contributed by atoms with Gasteiger partial charge in [0.1, 0.15) is 42.5 Å². The number of nitrogens with one attached hydrogen (secondary N) is 1. The Morgan fingerprint density at radius 1 is 1.14 bits per heavy atom. The van der Waals surface area contributed by atoms with Crippen molar-refractivity contribution >= 4 is 47.8 Å². The largest absolute Gasteiger partial charge is 0.469 e. The van der Waals surface area contributed by atoms with E-state index in [9.17, 15) is 19.1 Å². The molecule has 4 aromatic heterocycles. The molecule has 19 heteroatoms. The highest BCUT2D eigenvalue weighted by Gasteiger charge is 2.42. The summed E-state index contributed by atoms with van der Waals surface area (Å²) in [6.07, 6.45) is -0.0415. The fourth-order valence-corrected chi connectivity index (χ4v) is 5.24. The molecule has 18 nitrogen and oxygen atoms in total. The highest BCUT2D eigenvalue weighted by Crippen LogP contribution is 2.44. The van der Waals surface area contributed by atoms with E-state index in [-0.39, 0.29) is 30.8 Å².